The molecule has 1 amide bonds. The molecule has 0 atom stereocenters. The molecule has 0 saturated carbocycles. The third-order valence-electron chi connectivity index (χ3n) is 3.75. The van der Waals surface area contributed by atoms with E-state index >= 15 is 0 Å². The normalized spacial score (nSPS) is 14.6. The zero-order valence-corrected chi connectivity index (χ0v) is 13.2. The molecule has 6 nitrogen and oxygen atoms in total. The highest BCUT2D eigenvalue weighted by Gasteiger charge is 2.14. The van der Waals surface area contributed by atoms with Crippen LogP contribution in [0.2, 0.25) is 0 Å². The third-order valence-corrected chi connectivity index (χ3v) is 3.75. The molecule has 23 heavy (non-hydrogen) atoms. The first kappa shape index (κ1) is 15.4. The summed E-state index contributed by atoms with van der Waals surface area (Å²) in [6.45, 7) is 5.50. The van der Waals surface area contributed by atoms with Crippen LogP contribution < -0.4 is 10.2 Å². The van der Waals surface area contributed by atoms with E-state index in [1.165, 1.54) is 5.56 Å². The van der Waals surface area contributed by atoms with Gasteiger partial charge in [-0.15, -0.1) is 10.2 Å². The lowest BCUT2D eigenvalue weighted by Crippen LogP contribution is -2.37. The van der Waals surface area contributed by atoms with Crippen molar-refractivity contribution in [2.75, 3.05) is 31.2 Å². The first-order valence-electron chi connectivity index (χ1n) is 7.72. The van der Waals surface area contributed by atoms with E-state index < -0.39 is 0 Å². The largest absolute Gasteiger partial charge is 0.378 e. The van der Waals surface area contributed by atoms with Crippen LogP contribution in [-0.4, -0.2) is 42.4 Å². The molecular weight excluding hydrogens is 292 g/mol. The molecule has 0 aliphatic carbocycles. The Morgan fingerprint density at radius 3 is 2.74 bits per heavy atom. The van der Waals surface area contributed by atoms with Gasteiger partial charge in [0.2, 0.25) is 0 Å². The summed E-state index contributed by atoms with van der Waals surface area (Å²) in [7, 11) is 0. The Hall–Kier alpha value is -2.47. The van der Waals surface area contributed by atoms with Crippen molar-refractivity contribution in [3.8, 4) is 0 Å². The van der Waals surface area contributed by atoms with Crippen LogP contribution in [0.15, 0.2) is 36.4 Å². The zero-order valence-electron chi connectivity index (χ0n) is 13.2. The number of rotatable bonds is 4. The van der Waals surface area contributed by atoms with Gasteiger partial charge in [-0.25, -0.2) is 0 Å². The van der Waals surface area contributed by atoms with Crippen LogP contribution in [0.1, 0.15) is 21.6 Å². The number of benzene rings is 1. The van der Waals surface area contributed by atoms with E-state index in [1.54, 1.807) is 6.07 Å². The SMILES string of the molecule is Cc1cccc(CNC(=O)c2ccc(N3CCOCC3)nn2)c1. The van der Waals surface area contributed by atoms with Gasteiger partial charge in [-0.3, -0.25) is 4.79 Å². The van der Waals surface area contributed by atoms with Gasteiger partial charge < -0.3 is 15.0 Å². The minimum absolute atomic E-state index is 0.215. The predicted octanol–water partition coefficient (Wildman–Crippen LogP) is 1.55. The van der Waals surface area contributed by atoms with Crippen molar-refractivity contribution in [3.63, 3.8) is 0 Å². The number of aromatic nitrogens is 2. The van der Waals surface area contributed by atoms with Crippen molar-refractivity contribution in [2.45, 2.75) is 13.5 Å². The number of nitrogens with one attached hydrogen (secondary N) is 1. The number of nitrogens with zero attached hydrogens (tertiary/aromatic N) is 3. The highest BCUT2D eigenvalue weighted by molar-refractivity contribution is 5.92. The van der Waals surface area contributed by atoms with Gasteiger partial charge in [0, 0.05) is 19.6 Å². The monoisotopic (exact) mass is 312 g/mol. The second kappa shape index (κ2) is 7.19. The van der Waals surface area contributed by atoms with E-state index in [-0.39, 0.29) is 5.91 Å². The fourth-order valence-electron chi connectivity index (χ4n) is 2.50. The fraction of sp³-hybridized carbons (Fsp3) is 0.353. The Morgan fingerprint density at radius 1 is 1.22 bits per heavy atom. The van der Waals surface area contributed by atoms with E-state index in [4.69, 9.17) is 4.74 Å². The summed E-state index contributed by atoms with van der Waals surface area (Å²) in [5, 5.41) is 11.1. The van der Waals surface area contributed by atoms with Gasteiger partial charge in [0.25, 0.3) is 5.91 Å². The predicted molar refractivity (Wildman–Crippen MR) is 87.4 cm³/mol. The van der Waals surface area contributed by atoms with Crippen molar-refractivity contribution < 1.29 is 9.53 Å². The van der Waals surface area contributed by atoms with Crippen LogP contribution in [0, 0.1) is 6.92 Å². The van der Waals surface area contributed by atoms with Crippen molar-refractivity contribution in [2.24, 2.45) is 0 Å². The van der Waals surface area contributed by atoms with Gasteiger partial charge in [0.15, 0.2) is 11.5 Å². The summed E-state index contributed by atoms with van der Waals surface area (Å²) in [6, 6.07) is 11.6. The van der Waals surface area contributed by atoms with Crippen LogP contribution in [0.4, 0.5) is 5.82 Å². The third kappa shape index (κ3) is 4.04. The molecule has 2 heterocycles. The van der Waals surface area contributed by atoms with Crippen molar-refractivity contribution in [1.29, 1.82) is 0 Å². The summed E-state index contributed by atoms with van der Waals surface area (Å²) >= 11 is 0. The maximum absolute atomic E-state index is 12.1. The Bertz CT molecular complexity index is 667. The summed E-state index contributed by atoms with van der Waals surface area (Å²) in [5.41, 5.74) is 2.57. The number of hydrogen-bond acceptors (Lipinski definition) is 5. The molecule has 6 heteroatoms. The molecule has 1 aliphatic rings. The van der Waals surface area contributed by atoms with Crippen LogP contribution in [0.5, 0.6) is 0 Å². The zero-order chi connectivity index (χ0) is 16.1. The lowest BCUT2D eigenvalue weighted by Gasteiger charge is -2.27. The van der Waals surface area contributed by atoms with Gasteiger partial charge in [0.1, 0.15) is 0 Å². The molecule has 2 aromatic rings. The first-order chi connectivity index (χ1) is 11.2. The molecule has 3 rings (SSSR count). The van der Waals surface area contributed by atoms with Crippen LogP contribution >= 0.6 is 0 Å². The van der Waals surface area contributed by atoms with E-state index in [0.717, 1.165) is 24.5 Å². The van der Waals surface area contributed by atoms with Crippen LogP contribution in [0.25, 0.3) is 0 Å². The Balaban J connectivity index is 1.59. The molecule has 0 spiro atoms. The Morgan fingerprint density at radius 2 is 2.04 bits per heavy atom. The van der Waals surface area contributed by atoms with Gasteiger partial charge in [0.05, 0.1) is 13.2 Å². The summed E-state index contributed by atoms with van der Waals surface area (Å²) in [5.74, 6) is 0.566. The average Bonchev–Trinajstić information content (AvgIpc) is 2.61. The molecule has 1 aliphatic heterocycles. The van der Waals surface area contributed by atoms with Crippen molar-refractivity contribution in [3.05, 3.63) is 53.2 Å². The van der Waals surface area contributed by atoms with Crippen LogP contribution in [-0.2, 0) is 11.3 Å². The van der Waals surface area contributed by atoms with Crippen molar-refractivity contribution in [1.82, 2.24) is 15.5 Å². The fourth-order valence-corrected chi connectivity index (χ4v) is 2.50. The highest BCUT2D eigenvalue weighted by Crippen LogP contribution is 2.11. The van der Waals surface area contributed by atoms with Crippen LogP contribution in [0.3, 0.4) is 0 Å². The molecule has 1 saturated heterocycles. The van der Waals surface area contributed by atoms with Gasteiger partial charge in [-0.2, -0.15) is 0 Å². The second-order valence-electron chi connectivity index (χ2n) is 5.55. The van der Waals surface area contributed by atoms with E-state index in [0.29, 0.717) is 25.5 Å². The molecule has 1 aromatic heterocycles. The molecule has 1 fully saturated rings. The Labute approximate surface area is 135 Å². The maximum Gasteiger partial charge on any atom is 0.272 e. The molecule has 1 N–H and O–H groups in total. The van der Waals surface area contributed by atoms with Crippen molar-refractivity contribution >= 4 is 11.7 Å². The first-order valence-corrected chi connectivity index (χ1v) is 7.72. The number of carbonyl (C=O) groups excluding carboxylic acids is 1. The minimum Gasteiger partial charge on any atom is -0.378 e. The number of morpholine rings is 1. The second-order valence-corrected chi connectivity index (χ2v) is 5.55. The summed E-state index contributed by atoms with van der Waals surface area (Å²) < 4.78 is 5.31. The quantitative estimate of drug-likeness (QED) is 0.928. The lowest BCUT2D eigenvalue weighted by molar-refractivity contribution is 0.0944. The maximum atomic E-state index is 12.1. The standard InChI is InChI=1S/C17H20N4O2/c1-13-3-2-4-14(11-13)12-18-17(22)15-5-6-16(20-19-15)21-7-9-23-10-8-21/h2-6,11H,7-10,12H2,1H3,(H,18,22). The molecule has 0 bridgehead atoms. The van der Waals surface area contributed by atoms with E-state index in [1.807, 2.05) is 37.3 Å². The number of carbonyl (C=O) groups is 1. The smallest absolute Gasteiger partial charge is 0.272 e. The topological polar surface area (TPSA) is 67.4 Å². The van der Waals surface area contributed by atoms with E-state index in [9.17, 15) is 4.79 Å². The Kier molecular flexibility index (Phi) is 4.83. The summed E-state index contributed by atoms with van der Waals surface area (Å²) in [6.07, 6.45) is 0. The molecule has 1 aromatic carbocycles. The number of anilines is 1. The minimum atomic E-state index is -0.215. The van der Waals surface area contributed by atoms with Gasteiger partial charge >= 0.3 is 0 Å². The highest BCUT2D eigenvalue weighted by atomic mass is 16.5. The average molecular weight is 312 g/mol. The summed E-state index contributed by atoms with van der Waals surface area (Å²) in [4.78, 5) is 14.2. The number of ether oxygens (including phenoxy) is 1. The molecule has 120 valence electrons. The van der Waals surface area contributed by atoms with Gasteiger partial charge in [-0.05, 0) is 24.6 Å². The lowest BCUT2D eigenvalue weighted by atomic mass is 10.1. The molecule has 0 radical (unpaired) electrons. The van der Waals surface area contributed by atoms with Gasteiger partial charge in [-0.1, -0.05) is 29.8 Å². The van der Waals surface area contributed by atoms with E-state index in [2.05, 4.69) is 20.4 Å². The molecular formula is C17H20N4O2. The number of amides is 1. The number of hydrogen-bond donors (Lipinski definition) is 1. The number of aryl methyl sites for hydroxylation is 1. The molecule has 0 unspecified atom stereocenters.